The van der Waals surface area contributed by atoms with Crippen molar-refractivity contribution in [1.82, 2.24) is 5.32 Å². The Morgan fingerprint density at radius 1 is 1.47 bits per heavy atom. The van der Waals surface area contributed by atoms with E-state index >= 15 is 0 Å². The second-order valence-corrected chi connectivity index (χ2v) is 5.27. The number of anilines is 1. The number of benzene rings is 1. The lowest BCUT2D eigenvalue weighted by Gasteiger charge is -2.17. The van der Waals surface area contributed by atoms with Crippen LogP contribution in [0.15, 0.2) is 22.7 Å². The molecule has 0 aliphatic carbocycles. The lowest BCUT2D eigenvalue weighted by atomic mass is 10.1. The minimum absolute atomic E-state index is 0.0273. The zero-order valence-electron chi connectivity index (χ0n) is 9.56. The molecular formula is C12H15BrF2N2. The summed E-state index contributed by atoms with van der Waals surface area (Å²) in [7, 11) is 0. The Labute approximate surface area is 108 Å². The van der Waals surface area contributed by atoms with Gasteiger partial charge >= 0.3 is 0 Å². The van der Waals surface area contributed by atoms with E-state index in [1.54, 1.807) is 6.07 Å². The van der Waals surface area contributed by atoms with Crippen molar-refractivity contribution in [1.29, 1.82) is 0 Å². The van der Waals surface area contributed by atoms with Gasteiger partial charge in [0.1, 0.15) is 0 Å². The van der Waals surface area contributed by atoms with E-state index < -0.39 is 5.92 Å². The lowest BCUT2D eigenvalue weighted by Crippen LogP contribution is -2.22. The number of nitrogens with one attached hydrogen (secondary N) is 2. The molecule has 2 N–H and O–H groups in total. The summed E-state index contributed by atoms with van der Waals surface area (Å²) in [5.74, 6) is -2.80. The molecule has 1 atom stereocenters. The zero-order valence-corrected chi connectivity index (χ0v) is 11.2. The van der Waals surface area contributed by atoms with E-state index in [9.17, 15) is 8.78 Å². The first kappa shape index (κ1) is 12.8. The molecule has 0 radical (unpaired) electrons. The molecule has 94 valence electrons. The highest BCUT2D eigenvalue weighted by Crippen LogP contribution is 2.32. The SMILES string of the molecule is CC(F)(F)c1ccc(NC2CCNC2)c(Br)c1. The number of rotatable bonds is 3. The average Bonchev–Trinajstić information content (AvgIpc) is 2.72. The van der Waals surface area contributed by atoms with Gasteiger partial charge in [0.05, 0.1) is 0 Å². The molecule has 1 unspecified atom stereocenters. The maximum absolute atomic E-state index is 13.1. The van der Waals surface area contributed by atoms with E-state index in [1.165, 1.54) is 12.1 Å². The van der Waals surface area contributed by atoms with Crippen molar-refractivity contribution < 1.29 is 8.78 Å². The van der Waals surface area contributed by atoms with Crippen LogP contribution in [0.4, 0.5) is 14.5 Å². The molecule has 1 saturated heterocycles. The molecule has 1 aliphatic heterocycles. The summed E-state index contributed by atoms with van der Waals surface area (Å²) in [5, 5.41) is 6.58. The van der Waals surface area contributed by atoms with E-state index in [0.29, 0.717) is 10.5 Å². The van der Waals surface area contributed by atoms with Gasteiger partial charge in [-0.3, -0.25) is 0 Å². The fourth-order valence-corrected chi connectivity index (χ4v) is 2.40. The highest BCUT2D eigenvalue weighted by atomic mass is 79.9. The molecule has 0 amide bonds. The van der Waals surface area contributed by atoms with Gasteiger partial charge in [-0.2, -0.15) is 0 Å². The van der Waals surface area contributed by atoms with Crippen LogP contribution < -0.4 is 10.6 Å². The third-order valence-corrected chi connectivity index (χ3v) is 3.55. The molecule has 1 aliphatic rings. The summed E-state index contributed by atoms with van der Waals surface area (Å²) in [6.45, 7) is 2.82. The van der Waals surface area contributed by atoms with E-state index in [0.717, 1.165) is 32.1 Å². The standard InChI is InChI=1S/C12H15BrF2N2/c1-12(14,15)8-2-3-11(10(13)6-8)17-9-4-5-16-7-9/h2-3,6,9,16-17H,4-5,7H2,1H3. The lowest BCUT2D eigenvalue weighted by molar-refractivity contribution is 0.0174. The molecule has 1 heterocycles. The highest BCUT2D eigenvalue weighted by molar-refractivity contribution is 9.10. The molecule has 2 rings (SSSR count). The molecule has 2 nitrogen and oxygen atoms in total. The minimum Gasteiger partial charge on any atom is -0.380 e. The maximum atomic E-state index is 13.1. The monoisotopic (exact) mass is 304 g/mol. The molecule has 0 aromatic heterocycles. The Hall–Kier alpha value is -0.680. The van der Waals surface area contributed by atoms with Crippen molar-refractivity contribution in [3.63, 3.8) is 0 Å². The summed E-state index contributed by atoms with van der Waals surface area (Å²) in [4.78, 5) is 0. The average molecular weight is 305 g/mol. The molecule has 0 saturated carbocycles. The predicted molar refractivity (Wildman–Crippen MR) is 68.6 cm³/mol. The van der Waals surface area contributed by atoms with Crippen LogP contribution in [0.2, 0.25) is 0 Å². The Kier molecular flexibility index (Phi) is 3.68. The largest absolute Gasteiger partial charge is 0.380 e. The number of halogens is 3. The summed E-state index contributed by atoms with van der Waals surface area (Å²) in [6, 6.07) is 5.02. The molecule has 17 heavy (non-hydrogen) atoms. The van der Waals surface area contributed by atoms with Crippen molar-refractivity contribution in [3.05, 3.63) is 28.2 Å². The van der Waals surface area contributed by atoms with Crippen LogP contribution in [-0.4, -0.2) is 19.1 Å². The van der Waals surface area contributed by atoms with Gasteiger partial charge in [0.15, 0.2) is 0 Å². The first-order chi connectivity index (χ1) is 7.97. The van der Waals surface area contributed by atoms with Gasteiger partial charge < -0.3 is 10.6 Å². The predicted octanol–water partition coefficient (Wildman–Crippen LogP) is 3.33. The topological polar surface area (TPSA) is 24.1 Å². The summed E-state index contributed by atoms with van der Waals surface area (Å²) in [6.07, 6.45) is 1.05. The smallest absolute Gasteiger partial charge is 0.270 e. The molecule has 0 bridgehead atoms. The van der Waals surface area contributed by atoms with Gasteiger partial charge in [-0.05, 0) is 41.0 Å². The van der Waals surface area contributed by atoms with Gasteiger partial charge in [0.25, 0.3) is 5.92 Å². The van der Waals surface area contributed by atoms with Crippen LogP contribution in [0, 0.1) is 0 Å². The van der Waals surface area contributed by atoms with Crippen molar-refractivity contribution in [2.75, 3.05) is 18.4 Å². The Morgan fingerprint density at radius 3 is 2.76 bits per heavy atom. The second-order valence-electron chi connectivity index (χ2n) is 4.42. The van der Waals surface area contributed by atoms with Gasteiger partial charge in [-0.25, -0.2) is 8.78 Å². The van der Waals surface area contributed by atoms with E-state index in [4.69, 9.17) is 0 Å². The Morgan fingerprint density at radius 2 is 2.24 bits per heavy atom. The molecular weight excluding hydrogens is 290 g/mol. The third kappa shape index (κ3) is 3.16. The molecule has 0 spiro atoms. The first-order valence-corrected chi connectivity index (χ1v) is 6.41. The number of hydrogen-bond donors (Lipinski definition) is 2. The normalized spacial score (nSPS) is 20.6. The Bertz CT molecular complexity index is 398. The van der Waals surface area contributed by atoms with Gasteiger partial charge in [-0.15, -0.1) is 0 Å². The first-order valence-electron chi connectivity index (χ1n) is 5.62. The van der Waals surface area contributed by atoms with Crippen LogP contribution >= 0.6 is 15.9 Å². The molecule has 1 fully saturated rings. The third-order valence-electron chi connectivity index (χ3n) is 2.90. The number of alkyl halides is 2. The van der Waals surface area contributed by atoms with Crippen LogP contribution in [0.5, 0.6) is 0 Å². The summed E-state index contributed by atoms with van der Waals surface area (Å²) in [5.41, 5.74) is 0.895. The maximum Gasteiger partial charge on any atom is 0.270 e. The van der Waals surface area contributed by atoms with Crippen molar-refractivity contribution in [3.8, 4) is 0 Å². The van der Waals surface area contributed by atoms with Crippen molar-refractivity contribution >= 4 is 21.6 Å². The van der Waals surface area contributed by atoms with E-state index in [1.807, 2.05) is 0 Å². The van der Waals surface area contributed by atoms with Gasteiger partial charge in [0.2, 0.25) is 0 Å². The molecule has 5 heteroatoms. The van der Waals surface area contributed by atoms with Gasteiger partial charge in [-0.1, -0.05) is 6.07 Å². The fraction of sp³-hybridized carbons (Fsp3) is 0.500. The summed E-state index contributed by atoms with van der Waals surface area (Å²) >= 11 is 3.33. The number of hydrogen-bond acceptors (Lipinski definition) is 2. The van der Waals surface area contributed by atoms with Crippen molar-refractivity contribution in [2.24, 2.45) is 0 Å². The quantitative estimate of drug-likeness (QED) is 0.895. The van der Waals surface area contributed by atoms with Crippen molar-refractivity contribution in [2.45, 2.75) is 25.3 Å². The van der Waals surface area contributed by atoms with Crippen LogP contribution in [0.3, 0.4) is 0 Å². The van der Waals surface area contributed by atoms with Crippen LogP contribution in [0.1, 0.15) is 18.9 Å². The van der Waals surface area contributed by atoms with E-state index in [-0.39, 0.29) is 5.56 Å². The molecule has 1 aromatic rings. The summed E-state index contributed by atoms with van der Waals surface area (Å²) < 4.78 is 26.9. The highest BCUT2D eigenvalue weighted by Gasteiger charge is 2.25. The van der Waals surface area contributed by atoms with Crippen LogP contribution in [-0.2, 0) is 5.92 Å². The zero-order chi connectivity index (χ0) is 12.5. The Balaban J connectivity index is 2.14. The van der Waals surface area contributed by atoms with Gasteiger partial charge in [0, 0.05) is 35.2 Å². The fourth-order valence-electron chi connectivity index (χ4n) is 1.90. The molecule has 1 aromatic carbocycles. The second kappa shape index (κ2) is 4.90. The van der Waals surface area contributed by atoms with E-state index in [2.05, 4.69) is 26.6 Å². The van der Waals surface area contributed by atoms with Crippen LogP contribution in [0.25, 0.3) is 0 Å². The minimum atomic E-state index is -2.80.